The number of amides is 1. The summed E-state index contributed by atoms with van der Waals surface area (Å²) < 4.78 is 4.95. The fraction of sp³-hybridized carbons (Fsp3) is 0.188. The van der Waals surface area contributed by atoms with Gasteiger partial charge in [-0.25, -0.2) is 19.7 Å². The standard InChI is InChI=1S/C16H15N5O3S/c1-2-24-16(23)10-4-3-5-11(6-10)21-12(22)7-25-15-13-14(18-8-17-13)19-9-20-15/h3-6,8-9H,2,7H2,1H3,(H,21,22)(H,17,18,19,20). The topological polar surface area (TPSA) is 110 Å². The van der Waals surface area contributed by atoms with Crippen LogP contribution in [0.3, 0.4) is 0 Å². The Morgan fingerprint density at radius 1 is 1.28 bits per heavy atom. The van der Waals surface area contributed by atoms with E-state index < -0.39 is 5.97 Å². The van der Waals surface area contributed by atoms with E-state index in [2.05, 4.69) is 25.3 Å². The third-order valence-electron chi connectivity index (χ3n) is 3.19. The summed E-state index contributed by atoms with van der Waals surface area (Å²) in [5, 5.41) is 3.41. The molecule has 0 bridgehead atoms. The number of fused-ring (bicyclic) bond motifs is 1. The molecule has 0 aliphatic rings. The van der Waals surface area contributed by atoms with Gasteiger partial charge < -0.3 is 15.0 Å². The third kappa shape index (κ3) is 4.13. The molecule has 2 heterocycles. The fourth-order valence-electron chi connectivity index (χ4n) is 2.12. The maximum atomic E-state index is 12.1. The van der Waals surface area contributed by atoms with Crippen LogP contribution in [0.15, 0.2) is 41.9 Å². The molecule has 3 rings (SSSR count). The highest BCUT2D eigenvalue weighted by Gasteiger charge is 2.11. The molecule has 0 saturated carbocycles. The molecule has 25 heavy (non-hydrogen) atoms. The van der Waals surface area contributed by atoms with Gasteiger partial charge in [-0.05, 0) is 25.1 Å². The number of aromatic amines is 1. The molecule has 1 aromatic carbocycles. The minimum atomic E-state index is -0.421. The SMILES string of the molecule is CCOC(=O)c1cccc(NC(=O)CSc2ncnc3nc[nH]c23)c1. The summed E-state index contributed by atoms with van der Waals surface area (Å²) in [5.41, 5.74) is 2.18. The highest BCUT2D eigenvalue weighted by atomic mass is 32.2. The number of imidazole rings is 1. The van der Waals surface area contributed by atoms with Gasteiger partial charge in [0.25, 0.3) is 0 Å². The molecule has 3 aromatic rings. The lowest BCUT2D eigenvalue weighted by Crippen LogP contribution is -2.15. The van der Waals surface area contributed by atoms with E-state index in [-0.39, 0.29) is 11.7 Å². The van der Waals surface area contributed by atoms with Crippen LogP contribution >= 0.6 is 11.8 Å². The molecule has 0 fully saturated rings. The number of thioether (sulfide) groups is 1. The van der Waals surface area contributed by atoms with Gasteiger partial charge in [-0.15, -0.1) is 0 Å². The number of esters is 1. The van der Waals surface area contributed by atoms with Crippen molar-refractivity contribution in [3.05, 3.63) is 42.5 Å². The van der Waals surface area contributed by atoms with Gasteiger partial charge in [0.15, 0.2) is 5.65 Å². The van der Waals surface area contributed by atoms with Crippen molar-refractivity contribution in [2.45, 2.75) is 11.9 Å². The van der Waals surface area contributed by atoms with Crippen molar-refractivity contribution in [2.75, 3.05) is 17.7 Å². The molecule has 128 valence electrons. The van der Waals surface area contributed by atoms with Gasteiger partial charge in [0.05, 0.1) is 24.3 Å². The minimum Gasteiger partial charge on any atom is -0.462 e. The highest BCUT2D eigenvalue weighted by molar-refractivity contribution is 8.00. The minimum absolute atomic E-state index is 0.161. The molecular formula is C16H15N5O3S. The number of rotatable bonds is 6. The van der Waals surface area contributed by atoms with Crippen LogP contribution in [0.25, 0.3) is 11.2 Å². The van der Waals surface area contributed by atoms with E-state index in [0.29, 0.717) is 34.0 Å². The number of anilines is 1. The Morgan fingerprint density at radius 2 is 2.16 bits per heavy atom. The molecule has 0 spiro atoms. The molecule has 0 aliphatic carbocycles. The molecule has 2 N–H and O–H groups in total. The number of aromatic nitrogens is 4. The first-order chi connectivity index (χ1) is 12.2. The van der Waals surface area contributed by atoms with Gasteiger partial charge in [-0.2, -0.15) is 0 Å². The molecule has 0 unspecified atom stereocenters. The Kier molecular flexibility index (Phi) is 5.24. The van der Waals surface area contributed by atoms with Crippen LogP contribution < -0.4 is 5.32 Å². The number of carbonyl (C=O) groups is 2. The largest absolute Gasteiger partial charge is 0.462 e. The summed E-state index contributed by atoms with van der Waals surface area (Å²) in [7, 11) is 0. The van der Waals surface area contributed by atoms with Crippen molar-refractivity contribution >= 4 is 40.5 Å². The van der Waals surface area contributed by atoms with Crippen LogP contribution in [0, 0.1) is 0 Å². The van der Waals surface area contributed by atoms with Gasteiger partial charge in [-0.3, -0.25) is 4.79 Å². The number of nitrogens with zero attached hydrogens (tertiary/aromatic N) is 3. The predicted molar refractivity (Wildman–Crippen MR) is 93.4 cm³/mol. The number of nitrogens with one attached hydrogen (secondary N) is 2. The van der Waals surface area contributed by atoms with E-state index in [1.54, 1.807) is 31.2 Å². The van der Waals surface area contributed by atoms with Gasteiger partial charge in [0, 0.05) is 5.69 Å². The van der Waals surface area contributed by atoms with Crippen molar-refractivity contribution < 1.29 is 14.3 Å². The monoisotopic (exact) mass is 357 g/mol. The van der Waals surface area contributed by atoms with E-state index in [4.69, 9.17) is 4.74 Å². The fourth-order valence-corrected chi connectivity index (χ4v) is 2.88. The van der Waals surface area contributed by atoms with Crippen molar-refractivity contribution in [3.63, 3.8) is 0 Å². The van der Waals surface area contributed by atoms with Gasteiger partial charge in [0.1, 0.15) is 16.9 Å². The number of hydrogen-bond donors (Lipinski definition) is 2. The average molecular weight is 357 g/mol. The number of H-pyrrole nitrogens is 1. The summed E-state index contributed by atoms with van der Waals surface area (Å²) in [4.78, 5) is 39.1. The number of benzene rings is 1. The molecule has 8 nitrogen and oxygen atoms in total. The molecule has 0 saturated heterocycles. The molecule has 0 radical (unpaired) electrons. The van der Waals surface area contributed by atoms with E-state index in [0.717, 1.165) is 0 Å². The maximum Gasteiger partial charge on any atom is 0.338 e. The van der Waals surface area contributed by atoms with Crippen molar-refractivity contribution in [2.24, 2.45) is 0 Å². The Bertz CT molecular complexity index is 911. The van der Waals surface area contributed by atoms with E-state index in [1.807, 2.05) is 0 Å². The van der Waals surface area contributed by atoms with Crippen LogP contribution in [0.5, 0.6) is 0 Å². The van der Waals surface area contributed by atoms with Crippen LogP contribution in [-0.2, 0) is 9.53 Å². The lowest BCUT2D eigenvalue weighted by Gasteiger charge is -2.07. The van der Waals surface area contributed by atoms with E-state index >= 15 is 0 Å². The first kappa shape index (κ1) is 16.9. The van der Waals surface area contributed by atoms with Gasteiger partial charge in [-0.1, -0.05) is 17.8 Å². The zero-order chi connectivity index (χ0) is 17.6. The quantitative estimate of drug-likeness (QED) is 0.395. The highest BCUT2D eigenvalue weighted by Crippen LogP contribution is 2.22. The number of hydrogen-bond acceptors (Lipinski definition) is 7. The molecule has 1 amide bonds. The first-order valence-corrected chi connectivity index (χ1v) is 8.50. The number of ether oxygens (including phenoxy) is 1. The van der Waals surface area contributed by atoms with Crippen LogP contribution in [0.1, 0.15) is 17.3 Å². The molecule has 9 heteroatoms. The second-order valence-electron chi connectivity index (χ2n) is 4.92. The predicted octanol–water partition coefficient (Wildman–Crippen LogP) is 2.26. The van der Waals surface area contributed by atoms with E-state index in [9.17, 15) is 9.59 Å². The average Bonchev–Trinajstić information content (AvgIpc) is 3.09. The Morgan fingerprint density at radius 3 is 3.00 bits per heavy atom. The normalized spacial score (nSPS) is 10.6. The molecular weight excluding hydrogens is 342 g/mol. The molecule has 0 aliphatic heterocycles. The smallest absolute Gasteiger partial charge is 0.338 e. The van der Waals surface area contributed by atoms with Crippen LogP contribution in [0.4, 0.5) is 5.69 Å². The second kappa shape index (κ2) is 7.75. The first-order valence-electron chi connectivity index (χ1n) is 7.51. The zero-order valence-corrected chi connectivity index (χ0v) is 14.2. The van der Waals surface area contributed by atoms with Crippen LogP contribution in [0.2, 0.25) is 0 Å². The van der Waals surface area contributed by atoms with Crippen molar-refractivity contribution in [1.29, 1.82) is 0 Å². The van der Waals surface area contributed by atoms with Gasteiger partial charge in [0.2, 0.25) is 5.91 Å². The summed E-state index contributed by atoms with van der Waals surface area (Å²) >= 11 is 1.27. The van der Waals surface area contributed by atoms with Crippen molar-refractivity contribution in [3.8, 4) is 0 Å². The molecule has 2 aromatic heterocycles. The third-order valence-corrected chi connectivity index (χ3v) is 4.18. The lowest BCUT2D eigenvalue weighted by molar-refractivity contribution is -0.113. The Labute approximate surface area is 147 Å². The molecule has 0 atom stereocenters. The van der Waals surface area contributed by atoms with E-state index in [1.165, 1.54) is 24.4 Å². The summed E-state index contributed by atoms with van der Waals surface area (Å²) in [6.45, 7) is 2.04. The number of carbonyl (C=O) groups excluding carboxylic acids is 2. The maximum absolute atomic E-state index is 12.1. The summed E-state index contributed by atoms with van der Waals surface area (Å²) in [6.07, 6.45) is 2.94. The summed E-state index contributed by atoms with van der Waals surface area (Å²) in [5.74, 6) is -0.470. The van der Waals surface area contributed by atoms with Gasteiger partial charge >= 0.3 is 5.97 Å². The Hall–Kier alpha value is -2.94. The Balaban J connectivity index is 1.62. The van der Waals surface area contributed by atoms with Crippen LogP contribution in [-0.4, -0.2) is 44.2 Å². The zero-order valence-electron chi connectivity index (χ0n) is 13.4. The van der Waals surface area contributed by atoms with Crippen molar-refractivity contribution in [1.82, 2.24) is 19.9 Å². The summed E-state index contributed by atoms with van der Waals surface area (Å²) in [6, 6.07) is 6.62. The lowest BCUT2D eigenvalue weighted by atomic mass is 10.2. The second-order valence-corrected chi connectivity index (χ2v) is 5.88.